The summed E-state index contributed by atoms with van der Waals surface area (Å²) in [5.74, 6) is -1.71. The molecule has 0 aromatic heterocycles. The smallest absolute Gasteiger partial charge is 0.407 e. The van der Waals surface area contributed by atoms with Gasteiger partial charge in [0.05, 0.1) is 23.0 Å². The van der Waals surface area contributed by atoms with Crippen LogP contribution in [-0.2, 0) is 4.74 Å². The van der Waals surface area contributed by atoms with Crippen molar-refractivity contribution in [3.8, 4) is 0 Å². The summed E-state index contributed by atoms with van der Waals surface area (Å²) in [4.78, 5) is 25.4. The molecule has 3 rings (SSSR count). The molecule has 2 fully saturated rings. The Bertz CT molecular complexity index is 787. The number of carbonyl (C=O) groups excluding carboxylic acids is 1. The quantitative estimate of drug-likeness (QED) is 0.709. The molecule has 3 N–H and O–H groups in total. The molecule has 2 aliphatic rings. The van der Waals surface area contributed by atoms with Gasteiger partial charge in [-0.15, -0.1) is 0 Å². The Kier molecular flexibility index (Phi) is 5.41. The van der Waals surface area contributed by atoms with E-state index < -0.39 is 23.5 Å². The summed E-state index contributed by atoms with van der Waals surface area (Å²) in [6, 6.07) is 1.17. The van der Waals surface area contributed by atoms with Crippen molar-refractivity contribution in [1.82, 2.24) is 5.32 Å². The van der Waals surface area contributed by atoms with Crippen LogP contribution in [0.3, 0.4) is 0 Å². The molecule has 0 bridgehead atoms. The zero-order chi connectivity index (χ0) is 20.6. The van der Waals surface area contributed by atoms with Gasteiger partial charge in [-0.1, -0.05) is 0 Å². The molecular formula is C20H28FN3O4. The Morgan fingerprint density at radius 3 is 2.50 bits per heavy atom. The number of carboxylic acid groups (broad SMARTS) is 1. The van der Waals surface area contributed by atoms with E-state index in [9.17, 15) is 19.1 Å². The Morgan fingerprint density at radius 1 is 1.25 bits per heavy atom. The summed E-state index contributed by atoms with van der Waals surface area (Å²) < 4.78 is 20.1. The number of nitrogens with one attached hydrogen (secondary N) is 2. The van der Waals surface area contributed by atoms with E-state index >= 15 is 0 Å². The van der Waals surface area contributed by atoms with Crippen LogP contribution in [0.15, 0.2) is 6.07 Å². The number of carboxylic acids is 1. The van der Waals surface area contributed by atoms with E-state index in [0.717, 1.165) is 18.9 Å². The van der Waals surface area contributed by atoms with Gasteiger partial charge >= 0.3 is 12.1 Å². The van der Waals surface area contributed by atoms with Gasteiger partial charge < -0.3 is 25.4 Å². The first kappa shape index (κ1) is 20.2. The minimum absolute atomic E-state index is 0.0479. The van der Waals surface area contributed by atoms with E-state index in [4.69, 9.17) is 4.74 Å². The largest absolute Gasteiger partial charge is 0.478 e. The number of halogens is 1. The second kappa shape index (κ2) is 7.48. The highest BCUT2D eigenvalue weighted by Crippen LogP contribution is 2.37. The van der Waals surface area contributed by atoms with Crippen LogP contribution in [-0.4, -0.2) is 47.9 Å². The number of anilines is 2. The SMILES string of the molecule is Cc1c(NC2CC2)c(C(=O)O)cc(F)c1N1CCC(NC(=O)OC(C)(C)C)C1. The normalized spacial score (nSPS) is 19.5. The molecule has 1 atom stereocenters. The molecule has 1 aromatic rings. The standard InChI is InChI=1S/C20H28FN3O4/c1-11-16(22-12-5-6-12)14(18(25)26)9-15(21)17(11)24-8-7-13(10-24)23-19(27)28-20(2,3)4/h9,12-13,22H,5-8,10H2,1-4H3,(H,23,27)(H,25,26). The Morgan fingerprint density at radius 2 is 1.93 bits per heavy atom. The van der Waals surface area contributed by atoms with Crippen LogP contribution < -0.4 is 15.5 Å². The maximum atomic E-state index is 14.8. The molecule has 1 heterocycles. The van der Waals surface area contributed by atoms with Crippen molar-refractivity contribution in [2.24, 2.45) is 0 Å². The molecule has 1 amide bonds. The molecule has 1 unspecified atom stereocenters. The molecule has 1 aromatic carbocycles. The minimum atomic E-state index is -1.15. The lowest BCUT2D eigenvalue weighted by atomic mass is 10.0. The van der Waals surface area contributed by atoms with Gasteiger partial charge in [-0.3, -0.25) is 0 Å². The molecule has 1 aliphatic carbocycles. The zero-order valence-corrected chi connectivity index (χ0v) is 16.8. The van der Waals surface area contributed by atoms with Gasteiger partial charge in [-0.25, -0.2) is 14.0 Å². The van der Waals surface area contributed by atoms with Gasteiger partial charge in [0.15, 0.2) is 0 Å². The molecule has 1 aliphatic heterocycles. The third-order valence-corrected chi connectivity index (χ3v) is 4.88. The predicted molar refractivity (Wildman–Crippen MR) is 105 cm³/mol. The highest BCUT2D eigenvalue weighted by molar-refractivity contribution is 5.97. The number of nitrogens with zero attached hydrogens (tertiary/aromatic N) is 1. The zero-order valence-electron chi connectivity index (χ0n) is 16.8. The third kappa shape index (κ3) is 4.66. The first-order valence-corrected chi connectivity index (χ1v) is 9.62. The topological polar surface area (TPSA) is 90.9 Å². The van der Waals surface area contributed by atoms with Crippen molar-refractivity contribution >= 4 is 23.4 Å². The molecule has 0 radical (unpaired) electrons. The molecule has 1 saturated heterocycles. The molecule has 0 spiro atoms. The van der Waals surface area contributed by atoms with Gasteiger partial charge in [0.25, 0.3) is 0 Å². The van der Waals surface area contributed by atoms with E-state index in [1.165, 1.54) is 0 Å². The predicted octanol–water partition coefficient (Wildman–Crippen LogP) is 3.51. The van der Waals surface area contributed by atoms with E-state index in [1.54, 1.807) is 27.7 Å². The fourth-order valence-corrected chi connectivity index (χ4v) is 3.50. The first-order chi connectivity index (χ1) is 13.0. The van der Waals surface area contributed by atoms with Gasteiger partial charge in [-0.2, -0.15) is 0 Å². The maximum Gasteiger partial charge on any atom is 0.407 e. The van der Waals surface area contributed by atoms with Crippen molar-refractivity contribution in [3.63, 3.8) is 0 Å². The molecular weight excluding hydrogens is 365 g/mol. The fourth-order valence-electron chi connectivity index (χ4n) is 3.50. The van der Waals surface area contributed by atoms with Gasteiger partial charge in [0.1, 0.15) is 11.4 Å². The Balaban J connectivity index is 1.78. The van der Waals surface area contributed by atoms with Crippen LogP contribution in [0.5, 0.6) is 0 Å². The maximum absolute atomic E-state index is 14.8. The first-order valence-electron chi connectivity index (χ1n) is 9.62. The lowest BCUT2D eigenvalue weighted by Gasteiger charge is -2.25. The summed E-state index contributed by atoms with van der Waals surface area (Å²) in [6.45, 7) is 8.13. The Labute approximate surface area is 164 Å². The average Bonchev–Trinajstić information content (AvgIpc) is 3.26. The lowest BCUT2D eigenvalue weighted by molar-refractivity contribution is 0.0508. The van der Waals surface area contributed by atoms with E-state index in [2.05, 4.69) is 10.6 Å². The molecule has 154 valence electrons. The molecule has 1 saturated carbocycles. The van der Waals surface area contributed by atoms with Crippen LogP contribution in [0.2, 0.25) is 0 Å². The average molecular weight is 393 g/mol. The number of ether oxygens (including phenoxy) is 1. The molecule has 28 heavy (non-hydrogen) atoms. The van der Waals surface area contributed by atoms with Crippen molar-refractivity contribution in [2.45, 2.75) is 64.6 Å². The lowest BCUT2D eigenvalue weighted by Crippen LogP contribution is -2.40. The highest BCUT2D eigenvalue weighted by Gasteiger charge is 2.32. The fraction of sp³-hybridized carbons (Fsp3) is 0.600. The number of hydrogen-bond acceptors (Lipinski definition) is 5. The van der Waals surface area contributed by atoms with Crippen LogP contribution in [0.1, 0.15) is 56.0 Å². The number of benzene rings is 1. The summed E-state index contributed by atoms with van der Waals surface area (Å²) in [7, 11) is 0. The van der Waals surface area contributed by atoms with Crippen molar-refractivity contribution < 1.29 is 23.8 Å². The van der Waals surface area contributed by atoms with Crippen LogP contribution in [0.4, 0.5) is 20.6 Å². The van der Waals surface area contributed by atoms with Gasteiger partial charge in [0.2, 0.25) is 0 Å². The number of carbonyl (C=O) groups is 2. The highest BCUT2D eigenvalue weighted by atomic mass is 19.1. The number of hydrogen-bond donors (Lipinski definition) is 3. The monoisotopic (exact) mass is 393 g/mol. The summed E-state index contributed by atoms with van der Waals surface area (Å²) in [5, 5.41) is 15.5. The molecule has 7 nitrogen and oxygen atoms in total. The van der Waals surface area contributed by atoms with Crippen molar-refractivity contribution in [3.05, 3.63) is 23.0 Å². The van der Waals surface area contributed by atoms with Crippen molar-refractivity contribution in [2.75, 3.05) is 23.3 Å². The van der Waals surface area contributed by atoms with Crippen LogP contribution >= 0.6 is 0 Å². The van der Waals surface area contributed by atoms with Gasteiger partial charge in [0, 0.05) is 19.1 Å². The van der Waals surface area contributed by atoms with Crippen LogP contribution in [0.25, 0.3) is 0 Å². The summed E-state index contributed by atoms with van der Waals surface area (Å²) in [5.41, 5.74) is 0.827. The van der Waals surface area contributed by atoms with E-state index in [0.29, 0.717) is 36.4 Å². The Hall–Kier alpha value is -2.51. The summed E-state index contributed by atoms with van der Waals surface area (Å²) in [6.07, 6.45) is 2.13. The number of alkyl carbamates (subject to hydrolysis) is 1. The third-order valence-electron chi connectivity index (χ3n) is 4.88. The van der Waals surface area contributed by atoms with Gasteiger partial charge in [-0.05, 0) is 58.6 Å². The summed E-state index contributed by atoms with van der Waals surface area (Å²) >= 11 is 0. The second-order valence-electron chi connectivity index (χ2n) is 8.56. The number of amides is 1. The van der Waals surface area contributed by atoms with E-state index in [-0.39, 0.29) is 17.6 Å². The number of rotatable bonds is 5. The molecule has 8 heteroatoms. The van der Waals surface area contributed by atoms with Crippen LogP contribution in [0, 0.1) is 12.7 Å². The van der Waals surface area contributed by atoms with E-state index in [1.807, 2.05) is 4.90 Å². The van der Waals surface area contributed by atoms with Crippen molar-refractivity contribution in [1.29, 1.82) is 0 Å². The second-order valence-corrected chi connectivity index (χ2v) is 8.56. The minimum Gasteiger partial charge on any atom is -0.478 e. The number of aromatic carboxylic acids is 1.